The van der Waals surface area contributed by atoms with Crippen LogP contribution in [0.25, 0.3) is 0 Å². The summed E-state index contributed by atoms with van der Waals surface area (Å²) in [6.45, 7) is 12.4. The second-order valence-corrected chi connectivity index (χ2v) is 17.9. The molecule has 7 aliphatic carbocycles. The van der Waals surface area contributed by atoms with Gasteiger partial charge < -0.3 is 14.2 Å². The fraction of sp³-hybridized carbons (Fsp3) is 0.952. The van der Waals surface area contributed by atoms with Crippen LogP contribution in [-0.2, 0) is 23.8 Å². The summed E-state index contributed by atoms with van der Waals surface area (Å²) in [7, 11) is 0. The van der Waals surface area contributed by atoms with Gasteiger partial charge in [-0.25, -0.2) is 0 Å². The fourth-order valence-electron chi connectivity index (χ4n) is 14.2. The van der Waals surface area contributed by atoms with E-state index in [-0.39, 0.29) is 35.7 Å². The molecule has 4 bridgehead atoms. The lowest BCUT2D eigenvalue weighted by Crippen LogP contribution is -2.39. The first-order valence-corrected chi connectivity index (χ1v) is 20.9. The number of carbonyl (C=O) groups is 2. The summed E-state index contributed by atoms with van der Waals surface area (Å²) in [5.41, 5.74) is -0.107. The van der Waals surface area contributed by atoms with E-state index < -0.39 is 0 Å². The van der Waals surface area contributed by atoms with E-state index in [1.165, 1.54) is 64.2 Å². The van der Waals surface area contributed by atoms with Crippen molar-refractivity contribution in [3.8, 4) is 0 Å². The molecule has 15 unspecified atom stereocenters. The van der Waals surface area contributed by atoms with Crippen LogP contribution in [0.5, 0.6) is 0 Å². The van der Waals surface area contributed by atoms with Gasteiger partial charge in [-0.2, -0.15) is 0 Å². The maximum absolute atomic E-state index is 13.1. The Morgan fingerprint density at radius 3 is 1.60 bits per heavy atom. The van der Waals surface area contributed by atoms with Gasteiger partial charge in [0, 0.05) is 6.42 Å². The van der Waals surface area contributed by atoms with E-state index in [4.69, 9.17) is 14.2 Å². The minimum absolute atomic E-state index is 0.0534. The molecule has 1 saturated heterocycles. The first-order valence-electron chi connectivity index (χ1n) is 20.9. The lowest BCUT2D eigenvalue weighted by Gasteiger charge is -2.37. The quantitative estimate of drug-likeness (QED) is 0.232. The minimum atomic E-state index is -0.264. The van der Waals surface area contributed by atoms with E-state index >= 15 is 0 Å². The Hall–Kier alpha value is -1.10. The number of esters is 2. The molecule has 0 aromatic heterocycles. The summed E-state index contributed by atoms with van der Waals surface area (Å²) in [6.07, 6.45) is 21.4. The summed E-state index contributed by atoms with van der Waals surface area (Å²) >= 11 is 0. The van der Waals surface area contributed by atoms with E-state index in [1.807, 2.05) is 0 Å². The molecule has 5 nitrogen and oxygen atoms in total. The predicted molar refractivity (Wildman–Crippen MR) is 185 cm³/mol. The van der Waals surface area contributed by atoms with Crippen LogP contribution in [0, 0.1) is 82.9 Å². The Kier molecular flexibility index (Phi) is 10.4. The summed E-state index contributed by atoms with van der Waals surface area (Å²) in [5.74, 6) is 10.5. The van der Waals surface area contributed by atoms with Gasteiger partial charge in [0.2, 0.25) is 6.29 Å². The molecule has 15 atom stereocenters. The average molecular weight is 653 g/mol. The van der Waals surface area contributed by atoms with E-state index in [0.29, 0.717) is 11.8 Å². The zero-order valence-corrected chi connectivity index (χ0v) is 30.6. The maximum Gasteiger partial charge on any atom is 0.311 e. The SMILES string of the molecule is CCC1CC(CC)C2C3CC(CC3C(=O)OC3(CC)CCCC3)C12.CCC1CC(CC)C2C3CC(CC3C(=O)OC3CCCCO3)C12. The number of rotatable bonds is 9. The summed E-state index contributed by atoms with van der Waals surface area (Å²) in [4.78, 5) is 25.8. The van der Waals surface area contributed by atoms with Crippen LogP contribution in [0.3, 0.4) is 0 Å². The van der Waals surface area contributed by atoms with Crippen molar-refractivity contribution in [1.29, 1.82) is 0 Å². The van der Waals surface area contributed by atoms with Crippen LogP contribution in [-0.4, -0.2) is 30.4 Å². The average Bonchev–Trinajstić information content (AvgIpc) is 3.95. The molecule has 8 aliphatic rings. The van der Waals surface area contributed by atoms with E-state index in [9.17, 15) is 9.59 Å². The Labute approximate surface area is 286 Å². The third-order valence-corrected chi connectivity index (χ3v) is 16.2. The van der Waals surface area contributed by atoms with Crippen molar-refractivity contribution in [3.63, 3.8) is 0 Å². The van der Waals surface area contributed by atoms with Gasteiger partial charge in [-0.15, -0.1) is 0 Å². The van der Waals surface area contributed by atoms with Gasteiger partial charge in [-0.05, 0) is 154 Å². The van der Waals surface area contributed by atoms with Crippen molar-refractivity contribution in [1.82, 2.24) is 0 Å². The molecule has 266 valence electrons. The molecule has 7 saturated carbocycles. The Bertz CT molecular complexity index is 1090. The molecule has 5 heteroatoms. The van der Waals surface area contributed by atoms with Gasteiger partial charge in [0.25, 0.3) is 0 Å². The van der Waals surface area contributed by atoms with E-state index in [1.54, 1.807) is 0 Å². The number of ether oxygens (including phenoxy) is 3. The fourth-order valence-corrected chi connectivity index (χ4v) is 14.2. The zero-order valence-electron chi connectivity index (χ0n) is 30.6. The van der Waals surface area contributed by atoms with Crippen molar-refractivity contribution in [3.05, 3.63) is 0 Å². The number of hydrogen-bond donors (Lipinski definition) is 0. The molecule has 0 N–H and O–H groups in total. The standard InChI is InChI=1S/C22H36O2.C20H32O3/c1-4-14-11-15(5-2)20-17-12-16(19(14)20)13-18(17)21(23)24-22(6-3)9-7-8-10-22;1-3-12-9-13(4-2)19-15-10-14(18(12)19)11-16(15)20(21)23-17-7-5-6-8-22-17/h14-20H,4-13H2,1-3H3;12-19H,3-11H2,1-2H3. The number of carbonyl (C=O) groups excluding carboxylic acids is 2. The first-order chi connectivity index (χ1) is 22.8. The van der Waals surface area contributed by atoms with E-state index in [0.717, 1.165) is 117 Å². The molecule has 0 aromatic rings. The monoisotopic (exact) mass is 653 g/mol. The lowest BCUT2D eigenvalue weighted by atomic mass is 9.70. The van der Waals surface area contributed by atoms with Gasteiger partial charge in [-0.3, -0.25) is 9.59 Å². The normalized spacial score (nSPS) is 47.0. The second-order valence-electron chi connectivity index (χ2n) is 17.9. The van der Waals surface area contributed by atoms with E-state index in [2.05, 4.69) is 34.6 Å². The van der Waals surface area contributed by atoms with Crippen molar-refractivity contribution < 1.29 is 23.8 Å². The van der Waals surface area contributed by atoms with Crippen molar-refractivity contribution >= 4 is 11.9 Å². The molecule has 0 aromatic carbocycles. The third-order valence-electron chi connectivity index (χ3n) is 16.2. The highest BCUT2D eigenvalue weighted by atomic mass is 16.7. The van der Waals surface area contributed by atoms with Crippen LogP contribution in [0.1, 0.15) is 150 Å². The summed E-state index contributed by atoms with van der Waals surface area (Å²) in [5, 5.41) is 0. The molecule has 1 aliphatic heterocycles. The largest absolute Gasteiger partial charge is 0.459 e. The molecule has 0 radical (unpaired) electrons. The second kappa shape index (κ2) is 14.3. The van der Waals surface area contributed by atoms with Gasteiger partial charge in [0.15, 0.2) is 0 Å². The third kappa shape index (κ3) is 6.15. The van der Waals surface area contributed by atoms with Crippen LogP contribution in [0.15, 0.2) is 0 Å². The Morgan fingerprint density at radius 2 is 1.13 bits per heavy atom. The molecule has 8 rings (SSSR count). The predicted octanol–water partition coefficient (Wildman–Crippen LogP) is 10.00. The van der Waals surface area contributed by atoms with Crippen LogP contribution in [0.2, 0.25) is 0 Å². The number of hydrogen-bond acceptors (Lipinski definition) is 5. The van der Waals surface area contributed by atoms with Gasteiger partial charge in [0.05, 0.1) is 18.4 Å². The van der Waals surface area contributed by atoms with Crippen LogP contribution in [0.4, 0.5) is 0 Å². The van der Waals surface area contributed by atoms with Crippen molar-refractivity contribution in [2.75, 3.05) is 6.61 Å². The number of fused-ring (bicyclic) bond motifs is 10. The Balaban J connectivity index is 0.000000150. The lowest BCUT2D eigenvalue weighted by molar-refractivity contribution is -0.193. The maximum atomic E-state index is 13.1. The van der Waals surface area contributed by atoms with Gasteiger partial charge in [0.1, 0.15) is 5.60 Å². The zero-order chi connectivity index (χ0) is 32.9. The topological polar surface area (TPSA) is 61.8 Å². The highest BCUT2D eigenvalue weighted by Gasteiger charge is 2.62. The van der Waals surface area contributed by atoms with Gasteiger partial charge in [-0.1, -0.05) is 60.3 Å². The first kappa shape index (κ1) is 34.4. The minimum Gasteiger partial charge on any atom is -0.459 e. The molecule has 0 amide bonds. The molecule has 0 spiro atoms. The van der Waals surface area contributed by atoms with Crippen molar-refractivity contribution in [2.45, 2.75) is 162 Å². The molecular weight excluding hydrogens is 584 g/mol. The molecular formula is C42H68O5. The van der Waals surface area contributed by atoms with Gasteiger partial charge >= 0.3 is 11.9 Å². The Morgan fingerprint density at radius 1 is 0.617 bits per heavy atom. The van der Waals surface area contributed by atoms with Crippen LogP contribution >= 0.6 is 0 Å². The summed E-state index contributed by atoms with van der Waals surface area (Å²) < 4.78 is 17.6. The van der Waals surface area contributed by atoms with Crippen molar-refractivity contribution in [2.24, 2.45) is 82.9 Å². The molecule has 8 fully saturated rings. The van der Waals surface area contributed by atoms with Crippen LogP contribution < -0.4 is 0 Å². The summed E-state index contributed by atoms with van der Waals surface area (Å²) in [6, 6.07) is 0. The smallest absolute Gasteiger partial charge is 0.311 e. The highest BCUT2D eigenvalue weighted by molar-refractivity contribution is 5.74. The highest BCUT2D eigenvalue weighted by Crippen LogP contribution is 2.67. The molecule has 1 heterocycles. The molecule has 47 heavy (non-hydrogen) atoms.